The van der Waals surface area contributed by atoms with Crippen LogP contribution in [0.4, 0.5) is 0 Å². The summed E-state index contributed by atoms with van der Waals surface area (Å²) in [5.41, 5.74) is 2.34. The zero-order valence-corrected chi connectivity index (χ0v) is 19.1. The Morgan fingerprint density at radius 1 is 0.966 bits per heavy atom. The van der Waals surface area contributed by atoms with Gasteiger partial charge in [-0.3, -0.25) is 0 Å². The van der Waals surface area contributed by atoms with E-state index in [1.165, 1.54) is 11.1 Å². The molecule has 3 aromatic carbocycles. The van der Waals surface area contributed by atoms with Crippen LogP contribution in [0.25, 0.3) is 10.8 Å². The van der Waals surface area contributed by atoms with Crippen molar-refractivity contribution in [2.24, 2.45) is 0 Å². The lowest BCUT2D eigenvalue weighted by atomic mass is 9.76. The molecule has 0 radical (unpaired) electrons. The van der Waals surface area contributed by atoms with Crippen molar-refractivity contribution >= 4 is 26.7 Å². The number of aliphatic hydroxyl groups is 1. The van der Waals surface area contributed by atoms with Gasteiger partial charge in [-0.1, -0.05) is 51.8 Å². The second-order valence-electron chi connectivity index (χ2n) is 9.10. The Labute approximate surface area is 182 Å². The van der Waals surface area contributed by atoms with Crippen LogP contribution in [0.1, 0.15) is 56.2 Å². The molecule has 0 saturated carbocycles. The molecule has 0 spiro atoms. The SMILES string of the molecule is Cc1ccc(CCCCC2(O)CC(C)(C)Oc3cc4ccc(Br)cc4cc32)cc1. The molecule has 1 aliphatic rings. The number of hydrogen-bond donors (Lipinski definition) is 1. The molecule has 1 unspecified atom stereocenters. The first-order valence-corrected chi connectivity index (χ1v) is 11.2. The van der Waals surface area contributed by atoms with Gasteiger partial charge < -0.3 is 9.84 Å². The number of aryl methyl sites for hydroxylation is 2. The Hall–Kier alpha value is -1.84. The fourth-order valence-corrected chi connectivity index (χ4v) is 4.93. The van der Waals surface area contributed by atoms with E-state index in [-0.39, 0.29) is 5.60 Å². The minimum absolute atomic E-state index is 0.387. The van der Waals surface area contributed by atoms with Crippen molar-refractivity contribution in [2.45, 2.75) is 64.1 Å². The van der Waals surface area contributed by atoms with Crippen LogP contribution in [-0.2, 0) is 12.0 Å². The number of unbranched alkanes of at least 4 members (excludes halogenated alkanes) is 1. The summed E-state index contributed by atoms with van der Waals surface area (Å²) in [5, 5.41) is 14.0. The van der Waals surface area contributed by atoms with Gasteiger partial charge in [0.1, 0.15) is 11.4 Å². The average Bonchev–Trinajstić information content (AvgIpc) is 2.65. The Morgan fingerprint density at radius 2 is 1.72 bits per heavy atom. The standard InChI is InChI=1S/C26H29BrO2/c1-18-7-9-19(10-8-18)6-4-5-13-26(28)17-25(2,3)29-24-16-20-11-12-22(27)14-21(20)15-23(24)26/h7-12,14-16,28H,4-6,13,17H2,1-3H3. The molecule has 1 heterocycles. The molecular formula is C26H29BrO2. The lowest BCUT2D eigenvalue weighted by molar-refractivity contribution is -0.0698. The van der Waals surface area contributed by atoms with Crippen LogP contribution in [-0.4, -0.2) is 10.7 Å². The molecule has 1 N–H and O–H groups in total. The number of halogens is 1. The quantitative estimate of drug-likeness (QED) is 0.419. The second-order valence-corrected chi connectivity index (χ2v) is 10.0. The minimum atomic E-state index is -0.860. The molecule has 1 aliphatic heterocycles. The smallest absolute Gasteiger partial charge is 0.126 e. The fraction of sp³-hybridized carbons (Fsp3) is 0.385. The van der Waals surface area contributed by atoms with E-state index in [2.05, 4.69) is 85.2 Å². The summed E-state index contributed by atoms with van der Waals surface area (Å²) in [7, 11) is 0. The highest BCUT2D eigenvalue weighted by Gasteiger charge is 2.43. The lowest BCUT2D eigenvalue weighted by Gasteiger charge is -2.43. The summed E-state index contributed by atoms with van der Waals surface area (Å²) in [6.07, 6.45) is 4.46. The van der Waals surface area contributed by atoms with Gasteiger partial charge in [0.25, 0.3) is 0 Å². The molecule has 0 amide bonds. The number of rotatable bonds is 5. The van der Waals surface area contributed by atoms with E-state index in [0.717, 1.165) is 52.2 Å². The van der Waals surface area contributed by atoms with Crippen LogP contribution in [0.3, 0.4) is 0 Å². The van der Waals surface area contributed by atoms with Gasteiger partial charge in [0.15, 0.2) is 0 Å². The monoisotopic (exact) mass is 452 g/mol. The summed E-state index contributed by atoms with van der Waals surface area (Å²) >= 11 is 3.56. The highest BCUT2D eigenvalue weighted by Crippen LogP contribution is 2.47. The summed E-state index contributed by atoms with van der Waals surface area (Å²) in [4.78, 5) is 0. The van der Waals surface area contributed by atoms with Crippen molar-refractivity contribution < 1.29 is 9.84 Å². The van der Waals surface area contributed by atoms with Gasteiger partial charge in [0, 0.05) is 16.5 Å². The van der Waals surface area contributed by atoms with Gasteiger partial charge in [-0.05, 0) is 87.1 Å². The molecule has 0 aromatic heterocycles. The molecule has 29 heavy (non-hydrogen) atoms. The molecule has 3 heteroatoms. The maximum Gasteiger partial charge on any atom is 0.126 e. The van der Waals surface area contributed by atoms with Gasteiger partial charge in [-0.15, -0.1) is 0 Å². The summed E-state index contributed by atoms with van der Waals surface area (Å²) < 4.78 is 7.31. The van der Waals surface area contributed by atoms with Crippen molar-refractivity contribution in [3.63, 3.8) is 0 Å². The van der Waals surface area contributed by atoms with Gasteiger partial charge in [0.2, 0.25) is 0 Å². The number of benzene rings is 3. The van der Waals surface area contributed by atoms with Gasteiger partial charge >= 0.3 is 0 Å². The Bertz CT molecular complexity index is 1020. The van der Waals surface area contributed by atoms with Crippen molar-refractivity contribution in [2.75, 3.05) is 0 Å². The third kappa shape index (κ3) is 4.51. The first-order valence-electron chi connectivity index (χ1n) is 10.4. The number of hydrogen-bond acceptors (Lipinski definition) is 2. The molecule has 0 bridgehead atoms. The summed E-state index contributed by atoms with van der Waals surface area (Å²) in [6, 6.07) is 19.2. The third-order valence-electron chi connectivity index (χ3n) is 5.93. The predicted molar refractivity (Wildman–Crippen MR) is 124 cm³/mol. The maximum atomic E-state index is 11.7. The Kier molecular flexibility index (Phi) is 5.48. The number of ether oxygens (including phenoxy) is 1. The van der Waals surface area contributed by atoms with Crippen LogP contribution >= 0.6 is 15.9 Å². The van der Waals surface area contributed by atoms with Crippen LogP contribution in [0.5, 0.6) is 5.75 Å². The molecule has 2 nitrogen and oxygen atoms in total. The maximum absolute atomic E-state index is 11.7. The first kappa shape index (κ1) is 20.4. The molecule has 3 aromatic rings. The fourth-order valence-electron chi connectivity index (χ4n) is 4.55. The van der Waals surface area contributed by atoms with E-state index in [1.54, 1.807) is 0 Å². The highest BCUT2D eigenvalue weighted by molar-refractivity contribution is 9.10. The van der Waals surface area contributed by atoms with Crippen LogP contribution in [0.2, 0.25) is 0 Å². The van der Waals surface area contributed by atoms with Crippen molar-refractivity contribution in [1.82, 2.24) is 0 Å². The zero-order chi connectivity index (χ0) is 20.6. The van der Waals surface area contributed by atoms with E-state index in [4.69, 9.17) is 4.74 Å². The Morgan fingerprint density at radius 3 is 2.48 bits per heavy atom. The highest BCUT2D eigenvalue weighted by atomic mass is 79.9. The molecule has 152 valence electrons. The van der Waals surface area contributed by atoms with Crippen molar-refractivity contribution in [3.8, 4) is 5.75 Å². The molecule has 1 atom stereocenters. The minimum Gasteiger partial charge on any atom is -0.487 e. The van der Waals surface area contributed by atoms with E-state index >= 15 is 0 Å². The topological polar surface area (TPSA) is 29.5 Å². The lowest BCUT2D eigenvalue weighted by Crippen LogP contribution is -2.44. The summed E-state index contributed by atoms with van der Waals surface area (Å²) in [6.45, 7) is 6.25. The van der Waals surface area contributed by atoms with Gasteiger partial charge in [-0.25, -0.2) is 0 Å². The van der Waals surface area contributed by atoms with E-state index in [1.807, 2.05) is 6.07 Å². The molecular weight excluding hydrogens is 424 g/mol. The largest absolute Gasteiger partial charge is 0.487 e. The Balaban J connectivity index is 1.56. The average molecular weight is 453 g/mol. The molecule has 4 rings (SSSR count). The van der Waals surface area contributed by atoms with Crippen LogP contribution in [0.15, 0.2) is 59.1 Å². The van der Waals surface area contributed by atoms with Gasteiger partial charge in [0.05, 0.1) is 5.60 Å². The van der Waals surface area contributed by atoms with Crippen LogP contribution < -0.4 is 4.74 Å². The van der Waals surface area contributed by atoms with Crippen molar-refractivity contribution in [3.05, 3.63) is 75.8 Å². The summed E-state index contributed by atoms with van der Waals surface area (Å²) in [5.74, 6) is 0.817. The first-order chi connectivity index (χ1) is 13.7. The number of fused-ring (bicyclic) bond motifs is 2. The van der Waals surface area contributed by atoms with E-state index in [9.17, 15) is 5.11 Å². The van der Waals surface area contributed by atoms with E-state index in [0.29, 0.717) is 6.42 Å². The van der Waals surface area contributed by atoms with Gasteiger partial charge in [-0.2, -0.15) is 0 Å². The van der Waals surface area contributed by atoms with E-state index < -0.39 is 5.60 Å². The second kappa shape index (κ2) is 7.77. The normalized spacial score (nSPS) is 20.3. The molecule has 0 aliphatic carbocycles. The zero-order valence-electron chi connectivity index (χ0n) is 17.5. The van der Waals surface area contributed by atoms with Crippen LogP contribution in [0, 0.1) is 6.92 Å². The predicted octanol–water partition coefficient (Wildman–Crippen LogP) is 7.07. The third-order valence-corrected chi connectivity index (χ3v) is 6.43. The molecule has 0 fully saturated rings. The molecule has 0 saturated heterocycles. The van der Waals surface area contributed by atoms with Crippen molar-refractivity contribution in [1.29, 1.82) is 0 Å².